The molecule has 4 nitrogen and oxygen atoms in total. The van der Waals surface area contributed by atoms with Gasteiger partial charge < -0.3 is 9.47 Å². The minimum Gasteiger partial charge on any atom is -0.439 e. The molecule has 29 heavy (non-hydrogen) atoms. The van der Waals surface area contributed by atoms with Crippen LogP contribution in [0.4, 0.5) is 0 Å². The second-order valence-electron chi connectivity index (χ2n) is 5.99. The number of thioether (sulfide) groups is 1. The molecule has 5 heteroatoms. The summed E-state index contributed by atoms with van der Waals surface area (Å²) < 4.78 is 10.5. The van der Waals surface area contributed by atoms with Gasteiger partial charge in [-0.05, 0) is 34.7 Å². The molecular formula is C24H22O4S. The summed E-state index contributed by atoms with van der Waals surface area (Å²) >= 11 is 1.08. The van der Waals surface area contributed by atoms with Crippen molar-refractivity contribution in [1.29, 1.82) is 0 Å². The Labute approximate surface area is 176 Å². The lowest BCUT2D eigenvalue weighted by Gasteiger charge is -2.15. The molecule has 2 rings (SSSR count). The molecule has 0 fully saturated rings. The van der Waals surface area contributed by atoms with Crippen molar-refractivity contribution in [3.63, 3.8) is 0 Å². The molecule has 0 bridgehead atoms. The Hall–Kier alpha value is -3.15. The van der Waals surface area contributed by atoms with Crippen molar-refractivity contribution in [1.82, 2.24) is 0 Å². The Morgan fingerprint density at radius 1 is 0.759 bits per heavy atom. The summed E-state index contributed by atoms with van der Waals surface area (Å²) in [5.74, 6) is 10.9. The fraction of sp³-hybridized carbons (Fsp3) is 0.250. The second kappa shape index (κ2) is 12.3. The van der Waals surface area contributed by atoms with Gasteiger partial charge in [0.05, 0.1) is 0 Å². The van der Waals surface area contributed by atoms with Crippen molar-refractivity contribution in [2.75, 3.05) is 0 Å². The number of carbonyl (C=O) groups is 2. The van der Waals surface area contributed by atoms with Crippen LogP contribution in [0.3, 0.4) is 0 Å². The molecule has 2 aromatic rings. The minimum atomic E-state index is -0.786. The molecule has 2 unspecified atom stereocenters. The van der Waals surface area contributed by atoms with Crippen LogP contribution in [0.15, 0.2) is 60.7 Å². The third-order valence-corrected chi connectivity index (χ3v) is 4.43. The van der Waals surface area contributed by atoms with Crippen molar-refractivity contribution in [2.45, 2.75) is 37.6 Å². The van der Waals surface area contributed by atoms with Crippen LogP contribution in [0.5, 0.6) is 0 Å². The number of hydrogen-bond acceptors (Lipinski definition) is 5. The predicted molar refractivity (Wildman–Crippen MR) is 115 cm³/mol. The number of rotatable bonds is 6. The highest BCUT2D eigenvalue weighted by molar-refractivity contribution is 8.00. The molecule has 0 aliphatic heterocycles. The summed E-state index contributed by atoms with van der Waals surface area (Å²) in [7, 11) is 0. The van der Waals surface area contributed by atoms with Gasteiger partial charge in [-0.25, -0.2) is 0 Å². The van der Waals surface area contributed by atoms with Gasteiger partial charge in [0.1, 0.15) is 0 Å². The molecule has 0 radical (unpaired) electrons. The van der Waals surface area contributed by atoms with Gasteiger partial charge in [0.2, 0.25) is 10.9 Å². The van der Waals surface area contributed by atoms with E-state index < -0.39 is 22.8 Å². The summed E-state index contributed by atoms with van der Waals surface area (Å²) in [6, 6.07) is 19.5. The molecule has 2 atom stereocenters. The Balaban J connectivity index is 2.06. The quantitative estimate of drug-likeness (QED) is 0.412. The predicted octanol–water partition coefficient (Wildman–Crippen LogP) is 3.99. The molecule has 0 amide bonds. The molecule has 148 valence electrons. The van der Waals surface area contributed by atoms with Gasteiger partial charge in [-0.1, -0.05) is 72.5 Å². The van der Waals surface area contributed by atoms with Crippen molar-refractivity contribution >= 4 is 23.7 Å². The highest BCUT2D eigenvalue weighted by Crippen LogP contribution is 2.20. The van der Waals surface area contributed by atoms with Gasteiger partial charge in [-0.2, -0.15) is 0 Å². The van der Waals surface area contributed by atoms with Crippen LogP contribution in [-0.4, -0.2) is 22.8 Å². The first kappa shape index (κ1) is 22.1. The minimum absolute atomic E-state index is 0.463. The third-order valence-electron chi connectivity index (χ3n) is 3.50. The zero-order chi connectivity index (χ0) is 20.9. The molecule has 0 spiro atoms. The lowest BCUT2D eigenvalue weighted by molar-refractivity contribution is -0.140. The standard InChI is InChI=1S/C24H22O4S/c1-19(25)27-23(17-9-15-21-11-5-3-6-12-21)29-24(28-20(2)26)18-10-16-22-13-7-4-8-14-22/h3-8,11-14,23-24H,15-16H2,1-2H3. The molecule has 0 heterocycles. The summed E-state index contributed by atoms with van der Waals surface area (Å²) in [5, 5.41) is 0. The highest BCUT2D eigenvalue weighted by Gasteiger charge is 2.18. The maximum atomic E-state index is 11.4. The van der Waals surface area contributed by atoms with Gasteiger partial charge in [0.25, 0.3) is 0 Å². The van der Waals surface area contributed by atoms with E-state index in [1.165, 1.54) is 13.8 Å². The Kier molecular flexibility index (Phi) is 9.42. The Morgan fingerprint density at radius 3 is 1.48 bits per heavy atom. The van der Waals surface area contributed by atoms with Gasteiger partial charge in [0, 0.05) is 26.7 Å². The van der Waals surface area contributed by atoms with Crippen molar-refractivity contribution < 1.29 is 19.1 Å². The van der Waals surface area contributed by atoms with Crippen LogP contribution >= 0.6 is 11.8 Å². The van der Waals surface area contributed by atoms with Crippen LogP contribution in [0.1, 0.15) is 25.0 Å². The topological polar surface area (TPSA) is 52.6 Å². The van der Waals surface area contributed by atoms with E-state index in [0.717, 1.165) is 22.9 Å². The zero-order valence-corrected chi connectivity index (χ0v) is 17.2. The van der Waals surface area contributed by atoms with Gasteiger partial charge in [0.15, 0.2) is 0 Å². The number of esters is 2. The highest BCUT2D eigenvalue weighted by atomic mass is 32.2. The third kappa shape index (κ3) is 9.55. The maximum Gasteiger partial charge on any atom is 0.304 e. The molecule has 0 aromatic heterocycles. The van der Waals surface area contributed by atoms with E-state index in [0.29, 0.717) is 12.8 Å². The Bertz CT molecular complexity index is 840. The fourth-order valence-corrected chi connectivity index (χ4v) is 3.17. The van der Waals surface area contributed by atoms with Crippen molar-refractivity contribution in [3.8, 4) is 23.7 Å². The number of carbonyl (C=O) groups excluding carboxylic acids is 2. The van der Waals surface area contributed by atoms with Crippen LogP contribution in [-0.2, 0) is 31.9 Å². The summed E-state index contributed by atoms with van der Waals surface area (Å²) in [6.45, 7) is 2.63. The van der Waals surface area contributed by atoms with Crippen LogP contribution < -0.4 is 0 Å². The Morgan fingerprint density at radius 2 is 1.14 bits per heavy atom. The maximum absolute atomic E-state index is 11.4. The van der Waals surface area contributed by atoms with Crippen molar-refractivity contribution in [2.24, 2.45) is 0 Å². The van der Waals surface area contributed by atoms with E-state index in [4.69, 9.17) is 9.47 Å². The number of benzene rings is 2. The van der Waals surface area contributed by atoms with Crippen molar-refractivity contribution in [3.05, 3.63) is 71.8 Å². The van der Waals surface area contributed by atoms with Crippen LogP contribution in [0.2, 0.25) is 0 Å². The first-order valence-corrected chi connectivity index (χ1v) is 10.0. The normalized spacial score (nSPS) is 11.7. The largest absolute Gasteiger partial charge is 0.439 e. The monoisotopic (exact) mass is 406 g/mol. The van der Waals surface area contributed by atoms with E-state index in [2.05, 4.69) is 23.7 Å². The second-order valence-corrected chi connectivity index (χ2v) is 7.11. The summed E-state index contributed by atoms with van der Waals surface area (Å²) in [4.78, 5) is 22.9. The number of hydrogen-bond donors (Lipinski definition) is 0. The molecule has 0 aliphatic rings. The van der Waals surface area contributed by atoms with E-state index in [9.17, 15) is 9.59 Å². The first-order chi connectivity index (χ1) is 14.0. The summed E-state index contributed by atoms with van der Waals surface area (Å²) in [6.07, 6.45) is 1.05. The SMILES string of the molecule is CC(=O)OC(C#CCc1ccccc1)SC(C#CCc1ccccc1)OC(C)=O. The molecular weight excluding hydrogens is 384 g/mol. The zero-order valence-electron chi connectivity index (χ0n) is 16.4. The van der Waals surface area contributed by atoms with Gasteiger partial charge >= 0.3 is 11.9 Å². The average Bonchev–Trinajstić information content (AvgIpc) is 2.68. The first-order valence-electron chi connectivity index (χ1n) is 9.07. The van der Waals surface area contributed by atoms with Gasteiger partial charge in [-0.3, -0.25) is 9.59 Å². The number of ether oxygens (including phenoxy) is 2. The lowest BCUT2D eigenvalue weighted by atomic mass is 10.2. The molecule has 0 saturated carbocycles. The molecule has 0 N–H and O–H groups in total. The van der Waals surface area contributed by atoms with Crippen LogP contribution in [0.25, 0.3) is 0 Å². The summed E-state index contributed by atoms with van der Waals surface area (Å²) in [5.41, 5.74) is 0.551. The average molecular weight is 407 g/mol. The van der Waals surface area contributed by atoms with Gasteiger partial charge in [-0.15, -0.1) is 0 Å². The van der Waals surface area contributed by atoms with E-state index in [1.54, 1.807) is 0 Å². The van der Waals surface area contributed by atoms with Crippen LogP contribution in [0, 0.1) is 23.7 Å². The molecule has 2 aromatic carbocycles. The van der Waals surface area contributed by atoms with E-state index in [1.807, 2.05) is 60.7 Å². The van der Waals surface area contributed by atoms with E-state index >= 15 is 0 Å². The molecule has 0 saturated heterocycles. The lowest BCUT2D eigenvalue weighted by Crippen LogP contribution is -2.18. The smallest absolute Gasteiger partial charge is 0.304 e. The van der Waals surface area contributed by atoms with E-state index in [-0.39, 0.29) is 0 Å². The molecule has 0 aliphatic carbocycles. The fourth-order valence-electron chi connectivity index (χ4n) is 2.26.